The van der Waals surface area contributed by atoms with E-state index in [2.05, 4.69) is 10.8 Å². The lowest BCUT2D eigenvalue weighted by molar-refractivity contribution is -0.148. The molecule has 1 aromatic rings. The maximum absolute atomic E-state index is 12.0. The molecular weight excluding hydrogens is 288 g/mol. The average Bonchev–Trinajstić information content (AvgIpc) is 2.46. The fourth-order valence-corrected chi connectivity index (χ4v) is 1.83. The lowest BCUT2D eigenvalue weighted by Crippen LogP contribution is -2.45. The molecule has 0 aromatic heterocycles. The van der Waals surface area contributed by atoms with Gasteiger partial charge in [-0.3, -0.25) is 19.2 Å². The van der Waals surface area contributed by atoms with Crippen LogP contribution in [-0.2, 0) is 25.8 Å². The monoisotopic (exact) mass is 308 g/mol. The first-order chi connectivity index (χ1) is 10.4. The van der Waals surface area contributed by atoms with E-state index in [-0.39, 0.29) is 12.5 Å². The topological polar surface area (TPSA) is 105 Å². The van der Waals surface area contributed by atoms with Crippen LogP contribution in [-0.4, -0.2) is 29.4 Å². The normalized spacial score (nSPS) is 11.8. The van der Waals surface area contributed by atoms with Gasteiger partial charge in [-0.15, -0.1) is 0 Å². The number of aliphatic carboxylic acids is 1. The van der Waals surface area contributed by atoms with Crippen LogP contribution >= 0.6 is 0 Å². The molecule has 0 heterocycles. The summed E-state index contributed by atoms with van der Waals surface area (Å²) >= 11 is 0. The molecule has 1 rings (SSSR count). The summed E-state index contributed by atoms with van der Waals surface area (Å²) in [4.78, 5) is 39.4. The number of hydrogen-bond acceptors (Lipinski definition) is 4. The Morgan fingerprint density at radius 2 is 1.77 bits per heavy atom. The van der Waals surface area contributed by atoms with Crippen molar-refractivity contribution >= 4 is 17.8 Å². The van der Waals surface area contributed by atoms with Crippen molar-refractivity contribution in [3.8, 4) is 0 Å². The van der Waals surface area contributed by atoms with Gasteiger partial charge < -0.3 is 10.4 Å². The van der Waals surface area contributed by atoms with Crippen LogP contribution in [0.1, 0.15) is 19.4 Å². The van der Waals surface area contributed by atoms with E-state index >= 15 is 0 Å². The number of nitrogens with one attached hydrogen (secondary N) is 2. The van der Waals surface area contributed by atoms with Gasteiger partial charge in [0.15, 0.2) is 0 Å². The third kappa shape index (κ3) is 5.92. The maximum Gasteiger partial charge on any atom is 0.322 e. The molecule has 1 atom stereocenters. The quantitative estimate of drug-likeness (QED) is 0.484. The van der Waals surface area contributed by atoms with Gasteiger partial charge in [0.2, 0.25) is 5.91 Å². The second-order valence-corrected chi connectivity index (χ2v) is 5.07. The minimum absolute atomic E-state index is 0.175. The second-order valence-electron chi connectivity index (χ2n) is 5.07. The van der Waals surface area contributed by atoms with Crippen molar-refractivity contribution in [3.05, 3.63) is 35.9 Å². The largest absolute Gasteiger partial charge is 0.480 e. The number of benzene rings is 1. The molecule has 0 aliphatic rings. The number of rotatable bonds is 8. The maximum atomic E-state index is 12.0. The van der Waals surface area contributed by atoms with Gasteiger partial charge in [-0.25, -0.2) is 5.48 Å². The van der Waals surface area contributed by atoms with Crippen LogP contribution in [0.2, 0.25) is 0 Å². The lowest BCUT2D eigenvalue weighted by Gasteiger charge is -2.19. The van der Waals surface area contributed by atoms with Crippen molar-refractivity contribution in [2.75, 3.05) is 6.54 Å². The Morgan fingerprint density at radius 1 is 1.14 bits per heavy atom. The molecule has 0 aliphatic carbocycles. The second kappa shape index (κ2) is 8.78. The number of carbonyl (C=O) groups is 3. The molecule has 0 aliphatic heterocycles. The summed E-state index contributed by atoms with van der Waals surface area (Å²) in [5.41, 5.74) is 3.11. The summed E-state index contributed by atoms with van der Waals surface area (Å²) in [6, 6.07) is 9.23. The van der Waals surface area contributed by atoms with E-state index in [9.17, 15) is 14.4 Å². The van der Waals surface area contributed by atoms with Gasteiger partial charge >= 0.3 is 5.97 Å². The van der Waals surface area contributed by atoms with E-state index in [1.54, 1.807) is 13.8 Å². The standard InChI is InChI=1S/C15H20N2O5/c1-10(2)13(14(20)16-8-12(18)19)15(21)17-22-9-11-6-4-3-5-7-11/h3-7,10,13H,8-9H2,1-2H3,(H,16,20)(H,17,21)(H,18,19). The highest BCUT2D eigenvalue weighted by atomic mass is 16.6. The van der Waals surface area contributed by atoms with Crippen molar-refractivity contribution in [3.63, 3.8) is 0 Å². The van der Waals surface area contributed by atoms with Gasteiger partial charge in [-0.05, 0) is 11.5 Å². The number of hydrogen-bond donors (Lipinski definition) is 3. The number of carbonyl (C=O) groups excluding carboxylic acids is 2. The molecule has 0 radical (unpaired) electrons. The first-order valence-corrected chi connectivity index (χ1v) is 6.87. The molecular formula is C15H20N2O5. The number of hydroxylamine groups is 1. The van der Waals surface area contributed by atoms with E-state index in [1.807, 2.05) is 30.3 Å². The molecule has 7 heteroatoms. The Hall–Kier alpha value is -2.41. The third-order valence-corrected chi connectivity index (χ3v) is 2.90. The zero-order valence-corrected chi connectivity index (χ0v) is 12.5. The highest BCUT2D eigenvalue weighted by molar-refractivity contribution is 6.00. The average molecular weight is 308 g/mol. The molecule has 2 amide bonds. The van der Waals surface area contributed by atoms with E-state index in [1.165, 1.54) is 0 Å². The minimum Gasteiger partial charge on any atom is -0.480 e. The van der Waals surface area contributed by atoms with Crippen LogP contribution in [0.15, 0.2) is 30.3 Å². The fourth-order valence-electron chi connectivity index (χ4n) is 1.83. The van der Waals surface area contributed by atoms with Crippen molar-refractivity contribution < 1.29 is 24.3 Å². The van der Waals surface area contributed by atoms with Gasteiger partial charge in [0.25, 0.3) is 5.91 Å². The molecule has 0 saturated heterocycles. The van der Waals surface area contributed by atoms with Gasteiger partial charge in [-0.1, -0.05) is 44.2 Å². The summed E-state index contributed by atoms with van der Waals surface area (Å²) in [5, 5.41) is 10.7. The summed E-state index contributed by atoms with van der Waals surface area (Å²) in [6.45, 7) is 3.04. The van der Waals surface area contributed by atoms with Gasteiger partial charge in [-0.2, -0.15) is 0 Å². The zero-order valence-electron chi connectivity index (χ0n) is 12.5. The highest BCUT2D eigenvalue weighted by Crippen LogP contribution is 2.11. The molecule has 1 aromatic carbocycles. The number of amides is 2. The number of carboxylic acid groups (broad SMARTS) is 1. The van der Waals surface area contributed by atoms with Crippen LogP contribution in [0.25, 0.3) is 0 Å². The van der Waals surface area contributed by atoms with Gasteiger partial charge in [0.05, 0.1) is 6.61 Å². The molecule has 22 heavy (non-hydrogen) atoms. The molecule has 120 valence electrons. The molecule has 0 spiro atoms. The van der Waals surface area contributed by atoms with Crippen LogP contribution < -0.4 is 10.8 Å². The minimum atomic E-state index is -1.17. The van der Waals surface area contributed by atoms with Crippen molar-refractivity contribution in [1.82, 2.24) is 10.8 Å². The molecule has 7 nitrogen and oxygen atoms in total. The lowest BCUT2D eigenvalue weighted by atomic mass is 9.94. The van der Waals surface area contributed by atoms with Crippen molar-refractivity contribution in [2.24, 2.45) is 11.8 Å². The molecule has 3 N–H and O–H groups in total. The van der Waals surface area contributed by atoms with Crippen LogP contribution in [0.3, 0.4) is 0 Å². The Kier molecular flexibility index (Phi) is 7.04. The predicted octanol–water partition coefficient (Wildman–Crippen LogP) is 0.707. The van der Waals surface area contributed by atoms with Crippen molar-refractivity contribution in [1.29, 1.82) is 0 Å². The fraction of sp³-hybridized carbons (Fsp3) is 0.400. The summed E-state index contributed by atoms with van der Waals surface area (Å²) in [5.74, 6) is -3.73. The smallest absolute Gasteiger partial charge is 0.322 e. The first kappa shape index (κ1) is 17.6. The van der Waals surface area contributed by atoms with Crippen molar-refractivity contribution in [2.45, 2.75) is 20.5 Å². The highest BCUT2D eigenvalue weighted by Gasteiger charge is 2.30. The predicted molar refractivity (Wildman–Crippen MR) is 78.3 cm³/mol. The van der Waals surface area contributed by atoms with Gasteiger partial charge in [0.1, 0.15) is 12.5 Å². The Balaban J connectivity index is 2.50. The molecule has 0 saturated carbocycles. The summed E-state index contributed by atoms with van der Waals surface area (Å²) in [6.07, 6.45) is 0. The van der Waals surface area contributed by atoms with Crippen LogP contribution in [0.4, 0.5) is 0 Å². The van der Waals surface area contributed by atoms with E-state index in [4.69, 9.17) is 9.94 Å². The Labute approximate surface area is 128 Å². The summed E-state index contributed by atoms with van der Waals surface area (Å²) in [7, 11) is 0. The number of carboxylic acids is 1. The van der Waals surface area contributed by atoms with Crippen LogP contribution in [0.5, 0.6) is 0 Å². The van der Waals surface area contributed by atoms with E-state index in [0.717, 1.165) is 5.56 Å². The third-order valence-electron chi connectivity index (χ3n) is 2.90. The zero-order chi connectivity index (χ0) is 16.5. The molecule has 1 unspecified atom stereocenters. The first-order valence-electron chi connectivity index (χ1n) is 6.87. The molecule has 0 fully saturated rings. The molecule has 0 bridgehead atoms. The Morgan fingerprint density at radius 3 is 2.32 bits per heavy atom. The van der Waals surface area contributed by atoms with Crippen LogP contribution in [0, 0.1) is 11.8 Å². The summed E-state index contributed by atoms with van der Waals surface area (Å²) < 4.78 is 0. The van der Waals surface area contributed by atoms with E-state index < -0.39 is 30.2 Å². The Bertz CT molecular complexity index is 516. The van der Waals surface area contributed by atoms with Gasteiger partial charge in [0, 0.05) is 0 Å². The van der Waals surface area contributed by atoms with E-state index in [0.29, 0.717) is 0 Å². The SMILES string of the molecule is CC(C)C(C(=O)NCC(=O)O)C(=O)NOCc1ccccc1.